The predicted molar refractivity (Wildman–Crippen MR) is 88.6 cm³/mol. The molecule has 7 heteroatoms. The van der Waals surface area contributed by atoms with Gasteiger partial charge in [-0.1, -0.05) is 0 Å². The molecule has 24 heavy (non-hydrogen) atoms. The standard InChI is InChI=1S/C17H23NO6/c1-7-23-16(19)13-12(15-18-17(2,3)9-24-15)10(20-4)8-11(21-5)14(13)22-6/h8H,7,9H2,1-6H3. The first-order valence-corrected chi connectivity index (χ1v) is 7.61. The molecule has 0 amide bonds. The zero-order chi connectivity index (χ0) is 17.9. The van der Waals surface area contributed by atoms with E-state index < -0.39 is 5.97 Å². The quantitative estimate of drug-likeness (QED) is 0.742. The molecule has 0 saturated heterocycles. The summed E-state index contributed by atoms with van der Waals surface area (Å²) in [6, 6.07) is 1.63. The summed E-state index contributed by atoms with van der Waals surface area (Å²) < 4.78 is 27.0. The number of carbonyl (C=O) groups is 1. The van der Waals surface area contributed by atoms with Gasteiger partial charge in [0, 0.05) is 6.07 Å². The second-order valence-electron chi connectivity index (χ2n) is 5.80. The molecular weight excluding hydrogens is 314 g/mol. The number of aliphatic imine (C=N–C) groups is 1. The number of esters is 1. The fraction of sp³-hybridized carbons (Fsp3) is 0.529. The van der Waals surface area contributed by atoms with Gasteiger partial charge in [-0.15, -0.1) is 0 Å². The Kier molecular flexibility index (Phi) is 5.21. The molecule has 1 aliphatic rings. The Bertz CT molecular complexity index is 666. The molecule has 0 atom stereocenters. The SMILES string of the molecule is CCOC(=O)c1c(OC)c(OC)cc(OC)c1C1=NC(C)(C)CO1. The van der Waals surface area contributed by atoms with Crippen LogP contribution in [0.2, 0.25) is 0 Å². The van der Waals surface area contributed by atoms with Crippen molar-refractivity contribution in [1.82, 2.24) is 0 Å². The van der Waals surface area contributed by atoms with Crippen LogP contribution in [-0.4, -0.2) is 51.9 Å². The van der Waals surface area contributed by atoms with E-state index in [4.69, 9.17) is 23.7 Å². The highest BCUT2D eigenvalue weighted by Crippen LogP contribution is 2.41. The summed E-state index contributed by atoms with van der Waals surface area (Å²) in [5, 5.41) is 0. The Hall–Kier alpha value is -2.44. The lowest BCUT2D eigenvalue weighted by Crippen LogP contribution is -2.17. The highest BCUT2D eigenvalue weighted by Gasteiger charge is 2.35. The summed E-state index contributed by atoms with van der Waals surface area (Å²) in [6.45, 7) is 6.24. The van der Waals surface area contributed by atoms with Gasteiger partial charge in [0.1, 0.15) is 17.9 Å². The Balaban J connectivity index is 2.77. The molecule has 0 radical (unpaired) electrons. The molecule has 1 heterocycles. The number of ether oxygens (including phenoxy) is 5. The van der Waals surface area contributed by atoms with Gasteiger partial charge in [0.2, 0.25) is 5.90 Å². The maximum Gasteiger partial charge on any atom is 0.343 e. The third kappa shape index (κ3) is 3.25. The molecule has 0 bridgehead atoms. The lowest BCUT2D eigenvalue weighted by atomic mass is 10.0. The van der Waals surface area contributed by atoms with Gasteiger partial charge in [0.25, 0.3) is 0 Å². The van der Waals surface area contributed by atoms with E-state index in [0.717, 1.165) is 0 Å². The zero-order valence-electron chi connectivity index (χ0n) is 14.9. The van der Waals surface area contributed by atoms with Gasteiger partial charge in [-0.05, 0) is 20.8 Å². The highest BCUT2D eigenvalue weighted by molar-refractivity contribution is 6.10. The van der Waals surface area contributed by atoms with Crippen molar-refractivity contribution < 1.29 is 28.5 Å². The summed E-state index contributed by atoms with van der Waals surface area (Å²) in [5.74, 6) is 0.771. The lowest BCUT2D eigenvalue weighted by Gasteiger charge is -2.18. The van der Waals surface area contributed by atoms with Crippen molar-refractivity contribution in [3.63, 3.8) is 0 Å². The van der Waals surface area contributed by atoms with E-state index in [1.807, 2.05) is 13.8 Å². The summed E-state index contributed by atoms with van der Waals surface area (Å²) >= 11 is 0. The molecule has 1 aromatic rings. The van der Waals surface area contributed by atoms with Crippen LogP contribution in [0.5, 0.6) is 17.2 Å². The second kappa shape index (κ2) is 6.98. The van der Waals surface area contributed by atoms with Crippen molar-refractivity contribution in [2.45, 2.75) is 26.3 Å². The van der Waals surface area contributed by atoms with Gasteiger partial charge in [0.05, 0.1) is 39.0 Å². The first-order valence-electron chi connectivity index (χ1n) is 7.61. The van der Waals surface area contributed by atoms with Gasteiger partial charge < -0.3 is 23.7 Å². The van der Waals surface area contributed by atoms with E-state index in [-0.39, 0.29) is 23.5 Å². The van der Waals surface area contributed by atoms with Crippen molar-refractivity contribution in [2.24, 2.45) is 4.99 Å². The van der Waals surface area contributed by atoms with Crippen molar-refractivity contribution in [3.05, 3.63) is 17.2 Å². The van der Waals surface area contributed by atoms with Crippen LogP contribution in [0.3, 0.4) is 0 Å². The fourth-order valence-electron chi connectivity index (χ4n) is 2.45. The number of benzene rings is 1. The van der Waals surface area contributed by atoms with Crippen LogP contribution in [0, 0.1) is 0 Å². The van der Waals surface area contributed by atoms with Crippen LogP contribution in [0.25, 0.3) is 0 Å². The minimum Gasteiger partial charge on any atom is -0.496 e. The van der Waals surface area contributed by atoms with E-state index in [9.17, 15) is 4.79 Å². The second-order valence-corrected chi connectivity index (χ2v) is 5.80. The first kappa shape index (κ1) is 17.9. The third-order valence-corrected chi connectivity index (χ3v) is 3.51. The van der Waals surface area contributed by atoms with E-state index in [2.05, 4.69) is 4.99 Å². The molecule has 2 rings (SSSR count). The predicted octanol–water partition coefficient (Wildman–Crippen LogP) is 2.44. The summed E-state index contributed by atoms with van der Waals surface area (Å²) in [5.41, 5.74) is 0.186. The first-order chi connectivity index (χ1) is 11.4. The molecular formula is C17H23NO6. The maximum absolute atomic E-state index is 12.6. The van der Waals surface area contributed by atoms with E-state index in [1.165, 1.54) is 21.3 Å². The number of carbonyl (C=O) groups excluding carboxylic acids is 1. The molecule has 0 fully saturated rings. The topological polar surface area (TPSA) is 75.6 Å². The molecule has 7 nitrogen and oxygen atoms in total. The summed E-state index contributed by atoms with van der Waals surface area (Å²) in [6.07, 6.45) is 0. The normalized spacial score (nSPS) is 15.3. The Morgan fingerprint density at radius 2 is 1.88 bits per heavy atom. The highest BCUT2D eigenvalue weighted by atomic mass is 16.5. The molecule has 1 aliphatic heterocycles. The molecule has 1 aromatic carbocycles. The van der Waals surface area contributed by atoms with E-state index >= 15 is 0 Å². The van der Waals surface area contributed by atoms with Crippen LogP contribution in [0.1, 0.15) is 36.7 Å². The molecule has 0 aliphatic carbocycles. The van der Waals surface area contributed by atoms with Gasteiger partial charge in [-0.3, -0.25) is 0 Å². The lowest BCUT2D eigenvalue weighted by molar-refractivity contribution is 0.0521. The minimum atomic E-state index is -0.558. The molecule has 0 unspecified atom stereocenters. The van der Waals surface area contributed by atoms with Crippen molar-refractivity contribution in [3.8, 4) is 17.2 Å². The van der Waals surface area contributed by atoms with E-state index in [0.29, 0.717) is 29.6 Å². The number of hydrogen-bond acceptors (Lipinski definition) is 7. The summed E-state index contributed by atoms with van der Waals surface area (Å²) in [4.78, 5) is 17.1. The number of methoxy groups -OCH3 is 3. The van der Waals surface area contributed by atoms with Crippen LogP contribution in [0.4, 0.5) is 0 Å². The van der Waals surface area contributed by atoms with Gasteiger partial charge in [-0.25, -0.2) is 9.79 Å². The monoisotopic (exact) mass is 337 g/mol. The Labute approximate surface area is 141 Å². The molecule has 0 spiro atoms. The van der Waals surface area contributed by atoms with Gasteiger partial charge in [0.15, 0.2) is 11.5 Å². The zero-order valence-corrected chi connectivity index (χ0v) is 14.9. The number of hydrogen-bond donors (Lipinski definition) is 0. The maximum atomic E-state index is 12.6. The molecule has 0 aromatic heterocycles. The number of nitrogens with zero attached hydrogens (tertiary/aromatic N) is 1. The van der Waals surface area contributed by atoms with Crippen LogP contribution >= 0.6 is 0 Å². The van der Waals surface area contributed by atoms with Crippen LogP contribution < -0.4 is 14.2 Å². The average molecular weight is 337 g/mol. The molecule has 132 valence electrons. The van der Waals surface area contributed by atoms with Crippen LogP contribution in [-0.2, 0) is 9.47 Å². The van der Waals surface area contributed by atoms with Crippen molar-refractivity contribution in [2.75, 3.05) is 34.5 Å². The molecule has 0 saturated carbocycles. The van der Waals surface area contributed by atoms with E-state index in [1.54, 1.807) is 13.0 Å². The smallest absolute Gasteiger partial charge is 0.343 e. The van der Waals surface area contributed by atoms with Gasteiger partial charge in [-0.2, -0.15) is 0 Å². The Morgan fingerprint density at radius 1 is 1.21 bits per heavy atom. The van der Waals surface area contributed by atoms with Gasteiger partial charge >= 0.3 is 5.97 Å². The number of rotatable bonds is 6. The summed E-state index contributed by atoms with van der Waals surface area (Å²) in [7, 11) is 4.44. The fourth-order valence-corrected chi connectivity index (χ4v) is 2.45. The van der Waals surface area contributed by atoms with Crippen molar-refractivity contribution in [1.29, 1.82) is 0 Å². The third-order valence-electron chi connectivity index (χ3n) is 3.51. The Morgan fingerprint density at radius 3 is 2.33 bits per heavy atom. The largest absolute Gasteiger partial charge is 0.496 e. The average Bonchev–Trinajstić information content (AvgIpc) is 2.92. The van der Waals surface area contributed by atoms with Crippen LogP contribution in [0.15, 0.2) is 11.1 Å². The minimum absolute atomic E-state index is 0.173. The molecule has 0 N–H and O–H groups in total. The van der Waals surface area contributed by atoms with Crippen molar-refractivity contribution >= 4 is 11.9 Å².